The molecule has 104 valence electrons. The lowest BCUT2D eigenvalue weighted by Gasteiger charge is -2.10. The Morgan fingerprint density at radius 2 is 2.00 bits per heavy atom. The normalized spacial score (nSPS) is 9.84. The second kappa shape index (κ2) is 7.38. The van der Waals surface area contributed by atoms with E-state index in [1.807, 2.05) is 0 Å². The van der Waals surface area contributed by atoms with Crippen LogP contribution in [-0.2, 0) is 9.53 Å². The molecule has 0 unspecified atom stereocenters. The number of rotatable bonds is 6. The standard InChI is InChI=1S/C13H16O6/c1-3-18-13(16)9-4-5-10(11(8-9)17-2)19-12(15)6-7-14/h4-5,8,14H,3,6-7H2,1-2H3. The summed E-state index contributed by atoms with van der Waals surface area (Å²) >= 11 is 0. The molecule has 1 aromatic rings. The van der Waals surface area contributed by atoms with E-state index in [1.54, 1.807) is 6.92 Å². The van der Waals surface area contributed by atoms with Gasteiger partial charge in [0, 0.05) is 0 Å². The van der Waals surface area contributed by atoms with Crippen LogP contribution >= 0.6 is 0 Å². The molecule has 19 heavy (non-hydrogen) atoms. The monoisotopic (exact) mass is 268 g/mol. The lowest BCUT2D eigenvalue weighted by molar-refractivity contribution is -0.135. The zero-order chi connectivity index (χ0) is 14.3. The molecule has 0 fully saturated rings. The van der Waals surface area contributed by atoms with Crippen LogP contribution in [0.3, 0.4) is 0 Å². The fraction of sp³-hybridized carbons (Fsp3) is 0.385. The van der Waals surface area contributed by atoms with E-state index < -0.39 is 11.9 Å². The van der Waals surface area contributed by atoms with Crippen molar-refractivity contribution in [2.24, 2.45) is 0 Å². The van der Waals surface area contributed by atoms with E-state index in [4.69, 9.17) is 19.3 Å². The molecule has 6 heteroatoms. The van der Waals surface area contributed by atoms with Crippen molar-refractivity contribution in [3.8, 4) is 11.5 Å². The number of carbonyl (C=O) groups excluding carboxylic acids is 2. The third-order valence-electron chi connectivity index (χ3n) is 2.21. The molecule has 0 heterocycles. The second-order valence-electron chi connectivity index (χ2n) is 3.53. The summed E-state index contributed by atoms with van der Waals surface area (Å²) in [6, 6.07) is 4.35. The van der Waals surface area contributed by atoms with Gasteiger partial charge in [-0.15, -0.1) is 0 Å². The minimum atomic E-state index is -0.579. The van der Waals surface area contributed by atoms with Crippen molar-refractivity contribution < 1.29 is 28.9 Å². The first-order valence-electron chi connectivity index (χ1n) is 5.79. The Balaban J connectivity index is 2.90. The van der Waals surface area contributed by atoms with Crippen LogP contribution in [0.4, 0.5) is 0 Å². The molecule has 0 saturated heterocycles. The summed E-state index contributed by atoms with van der Waals surface area (Å²) in [5, 5.41) is 8.62. The van der Waals surface area contributed by atoms with E-state index in [2.05, 4.69) is 0 Å². The Morgan fingerprint density at radius 3 is 2.58 bits per heavy atom. The molecule has 0 radical (unpaired) electrons. The summed E-state index contributed by atoms with van der Waals surface area (Å²) in [7, 11) is 1.40. The predicted octanol–water partition coefficient (Wildman–Crippen LogP) is 1.16. The number of aliphatic hydroxyl groups excluding tert-OH is 1. The summed E-state index contributed by atoms with van der Waals surface area (Å²) in [6.07, 6.45) is -0.108. The van der Waals surface area contributed by atoms with Gasteiger partial charge in [-0.25, -0.2) is 4.79 Å². The molecule has 0 aliphatic rings. The molecule has 0 aromatic heterocycles. The van der Waals surface area contributed by atoms with Crippen molar-refractivity contribution in [3.63, 3.8) is 0 Å². The van der Waals surface area contributed by atoms with Crippen molar-refractivity contribution in [2.45, 2.75) is 13.3 Å². The Hall–Kier alpha value is -2.08. The first-order valence-corrected chi connectivity index (χ1v) is 5.79. The maximum absolute atomic E-state index is 11.5. The number of esters is 2. The third kappa shape index (κ3) is 4.26. The largest absolute Gasteiger partial charge is 0.493 e. The van der Waals surface area contributed by atoms with Crippen molar-refractivity contribution in [2.75, 3.05) is 20.3 Å². The maximum atomic E-state index is 11.5. The van der Waals surface area contributed by atoms with Gasteiger partial charge >= 0.3 is 11.9 Å². The highest BCUT2D eigenvalue weighted by molar-refractivity contribution is 5.90. The van der Waals surface area contributed by atoms with Gasteiger partial charge in [0.05, 0.1) is 32.3 Å². The Bertz CT molecular complexity index is 454. The van der Waals surface area contributed by atoms with Gasteiger partial charge in [-0.05, 0) is 25.1 Å². The molecular formula is C13H16O6. The van der Waals surface area contributed by atoms with Gasteiger partial charge in [-0.2, -0.15) is 0 Å². The molecule has 0 saturated carbocycles. The zero-order valence-electron chi connectivity index (χ0n) is 10.8. The van der Waals surface area contributed by atoms with E-state index in [9.17, 15) is 9.59 Å². The SMILES string of the molecule is CCOC(=O)c1ccc(OC(=O)CCO)c(OC)c1. The minimum Gasteiger partial charge on any atom is -0.493 e. The number of methoxy groups -OCH3 is 1. The lowest BCUT2D eigenvalue weighted by atomic mass is 10.2. The van der Waals surface area contributed by atoms with E-state index in [-0.39, 0.29) is 31.1 Å². The Morgan fingerprint density at radius 1 is 1.26 bits per heavy atom. The number of aliphatic hydroxyl groups is 1. The molecular weight excluding hydrogens is 252 g/mol. The van der Waals surface area contributed by atoms with Crippen LogP contribution in [0.2, 0.25) is 0 Å². The maximum Gasteiger partial charge on any atom is 0.338 e. The highest BCUT2D eigenvalue weighted by Crippen LogP contribution is 2.28. The fourth-order valence-electron chi connectivity index (χ4n) is 1.36. The van der Waals surface area contributed by atoms with E-state index in [0.717, 1.165) is 0 Å². The number of carbonyl (C=O) groups is 2. The predicted molar refractivity (Wildman–Crippen MR) is 66.3 cm³/mol. The van der Waals surface area contributed by atoms with Crippen molar-refractivity contribution >= 4 is 11.9 Å². The number of ether oxygens (including phenoxy) is 3. The first kappa shape index (κ1) is 15.0. The van der Waals surface area contributed by atoms with Crippen LogP contribution in [0.5, 0.6) is 11.5 Å². The highest BCUT2D eigenvalue weighted by Gasteiger charge is 2.14. The smallest absolute Gasteiger partial charge is 0.338 e. The molecule has 0 atom stereocenters. The van der Waals surface area contributed by atoms with Gasteiger partial charge in [-0.1, -0.05) is 0 Å². The Labute approximate surface area is 110 Å². The molecule has 1 N–H and O–H groups in total. The van der Waals surface area contributed by atoms with Gasteiger partial charge in [0.25, 0.3) is 0 Å². The number of hydrogen-bond acceptors (Lipinski definition) is 6. The lowest BCUT2D eigenvalue weighted by Crippen LogP contribution is -2.11. The summed E-state index contributed by atoms with van der Waals surface area (Å²) in [6.45, 7) is 1.69. The zero-order valence-corrected chi connectivity index (χ0v) is 10.8. The summed E-state index contributed by atoms with van der Waals surface area (Å²) in [5.74, 6) is -0.621. The summed E-state index contributed by atoms with van der Waals surface area (Å²) in [4.78, 5) is 22.8. The number of hydrogen-bond donors (Lipinski definition) is 1. The van der Waals surface area contributed by atoms with E-state index in [1.165, 1.54) is 25.3 Å². The third-order valence-corrected chi connectivity index (χ3v) is 2.21. The quantitative estimate of drug-likeness (QED) is 0.616. The molecule has 1 aromatic carbocycles. The molecule has 0 amide bonds. The molecule has 0 aliphatic heterocycles. The highest BCUT2D eigenvalue weighted by atomic mass is 16.6. The average Bonchev–Trinajstić information content (AvgIpc) is 2.39. The van der Waals surface area contributed by atoms with Gasteiger partial charge in [0.1, 0.15) is 0 Å². The summed E-state index contributed by atoms with van der Waals surface area (Å²) in [5.41, 5.74) is 0.306. The van der Waals surface area contributed by atoms with Crippen molar-refractivity contribution in [1.29, 1.82) is 0 Å². The van der Waals surface area contributed by atoms with Crippen molar-refractivity contribution in [1.82, 2.24) is 0 Å². The average molecular weight is 268 g/mol. The number of benzene rings is 1. The molecule has 6 nitrogen and oxygen atoms in total. The first-order chi connectivity index (χ1) is 9.12. The van der Waals surface area contributed by atoms with Gasteiger partial charge < -0.3 is 19.3 Å². The topological polar surface area (TPSA) is 82.1 Å². The molecule has 0 bridgehead atoms. The van der Waals surface area contributed by atoms with E-state index >= 15 is 0 Å². The molecule has 0 spiro atoms. The Kier molecular flexibility index (Phi) is 5.81. The van der Waals surface area contributed by atoms with Gasteiger partial charge in [0.15, 0.2) is 11.5 Å². The molecule has 1 rings (SSSR count). The van der Waals surface area contributed by atoms with Crippen LogP contribution in [0.15, 0.2) is 18.2 Å². The van der Waals surface area contributed by atoms with Crippen LogP contribution < -0.4 is 9.47 Å². The van der Waals surface area contributed by atoms with E-state index in [0.29, 0.717) is 5.56 Å². The second-order valence-corrected chi connectivity index (χ2v) is 3.53. The van der Waals surface area contributed by atoms with Crippen LogP contribution in [0, 0.1) is 0 Å². The fourth-order valence-corrected chi connectivity index (χ4v) is 1.36. The van der Waals surface area contributed by atoms with Crippen LogP contribution in [0.1, 0.15) is 23.7 Å². The molecule has 0 aliphatic carbocycles. The van der Waals surface area contributed by atoms with Crippen molar-refractivity contribution in [3.05, 3.63) is 23.8 Å². The van der Waals surface area contributed by atoms with Gasteiger partial charge in [0.2, 0.25) is 0 Å². The van der Waals surface area contributed by atoms with Crippen LogP contribution in [0.25, 0.3) is 0 Å². The van der Waals surface area contributed by atoms with Crippen LogP contribution in [-0.4, -0.2) is 37.4 Å². The van der Waals surface area contributed by atoms with Gasteiger partial charge in [-0.3, -0.25) is 4.79 Å². The summed E-state index contributed by atoms with van der Waals surface area (Å²) < 4.78 is 14.9. The minimum absolute atomic E-state index is 0.108.